The number of aliphatic hydroxyl groups excluding tert-OH is 1. The van der Waals surface area contributed by atoms with Crippen molar-refractivity contribution in [3.63, 3.8) is 0 Å². The Bertz CT molecular complexity index is 202. The van der Waals surface area contributed by atoms with E-state index in [1.54, 1.807) is 0 Å². The smallest absolute Gasteiger partial charge is 0.264 e. The molecule has 1 rings (SSSR count). The SMILES string of the molecule is OC(Cc1nnn[nH]1)C(F)F. The van der Waals surface area contributed by atoms with Crippen LogP contribution in [-0.4, -0.2) is 38.3 Å². The number of H-pyrrole nitrogens is 1. The highest BCUT2D eigenvalue weighted by Crippen LogP contribution is 2.04. The molecular weight excluding hydrogens is 158 g/mol. The highest BCUT2D eigenvalue weighted by Gasteiger charge is 2.18. The number of halogens is 2. The van der Waals surface area contributed by atoms with Crippen molar-refractivity contribution >= 4 is 0 Å². The van der Waals surface area contributed by atoms with Gasteiger partial charge in [-0.05, 0) is 10.4 Å². The minimum Gasteiger partial charge on any atom is -0.387 e. The van der Waals surface area contributed by atoms with Crippen LogP contribution in [0.25, 0.3) is 0 Å². The van der Waals surface area contributed by atoms with Crippen LogP contribution >= 0.6 is 0 Å². The molecule has 0 aromatic carbocycles. The summed E-state index contributed by atoms with van der Waals surface area (Å²) in [5.74, 6) is 0.151. The van der Waals surface area contributed by atoms with Gasteiger partial charge in [-0.1, -0.05) is 0 Å². The molecular formula is C4H6F2N4O. The highest BCUT2D eigenvalue weighted by molar-refractivity contribution is 4.80. The van der Waals surface area contributed by atoms with Crippen molar-refractivity contribution in [2.45, 2.75) is 19.0 Å². The third kappa shape index (κ3) is 2.19. The lowest BCUT2D eigenvalue weighted by atomic mass is 10.2. The van der Waals surface area contributed by atoms with Gasteiger partial charge >= 0.3 is 0 Å². The predicted octanol–water partition coefficient (Wildman–Crippen LogP) is -0.632. The number of aromatic nitrogens is 4. The second-order valence-electron chi connectivity index (χ2n) is 1.95. The summed E-state index contributed by atoms with van der Waals surface area (Å²) in [6, 6.07) is 0. The third-order valence-corrected chi connectivity index (χ3v) is 1.08. The van der Waals surface area contributed by atoms with Crippen LogP contribution in [0.2, 0.25) is 0 Å². The highest BCUT2D eigenvalue weighted by atomic mass is 19.3. The first-order valence-corrected chi connectivity index (χ1v) is 2.89. The van der Waals surface area contributed by atoms with Gasteiger partial charge in [0.15, 0.2) is 5.82 Å². The first kappa shape index (κ1) is 7.99. The van der Waals surface area contributed by atoms with Crippen molar-refractivity contribution in [3.8, 4) is 0 Å². The maximum absolute atomic E-state index is 11.7. The van der Waals surface area contributed by atoms with Crippen LogP contribution < -0.4 is 0 Å². The molecule has 0 aliphatic heterocycles. The van der Waals surface area contributed by atoms with Gasteiger partial charge in [0.25, 0.3) is 6.43 Å². The van der Waals surface area contributed by atoms with E-state index in [4.69, 9.17) is 5.11 Å². The number of nitrogens with one attached hydrogen (secondary N) is 1. The Labute approximate surface area is 60.4 Å². The van der Waals surface area contributed by atoms with Crippen LogP contribution in [0.1, 0.15) is 5.82 Å². The van der Waals surface area contributed by atoms with Crippen molar-refractivity contribution in [2.24, 2.45) is 0 Å². The van der Waals surface area contributed by atoms with Gasteiger partial charge in [-0.3, -0.25) is 0 Å². The molecule has 62 valence electrons. The zero-order valence-corrected chi connectivity index (χ0v) is 5.41. The molecule has 0 spiro atoms. The number of tetrazole rings is 1. The van der Waals surface area contributed by atoms with Crippen LogP contribution in [0.15, 0.2) is 0 Å². The van der Waals surface area contributed by atoms with Gasteiger partial charge in [0, 0.05) is 6.42 Å². The molecule has 11 heavy (non-hydrogen) atoms. The van der Waals surface area contributed by atoms with Crippen LogP contribution in [0.5, 0.6) is 0 Å². The van der Waals surface area contributed by atoms with Crippen molar-refractivity contribution in [1.29, 1.82) is 0 Å². The Kier molecular flexibility index (Phi) is 2.42. The van der Waals surface area contributed by atoms with Crippen LogP contribution in [0.4, 0.5) is 8.78 Å². The number of hydrogen-bond acceptors (Lipinski definition) is 4. The fourth-order valence-corrected chi connectivity index (χ4v) is 0.552. The van der Waals surface area contributed by atoms with E-state index in [9.17, 15) is 8.78 Å². The molecule has 1 unspecified atom stereocenters. The molecule has 0 radical (unpaired) electrons. The molecule has 1 atom stereocenters. The maximum Gasteiger partial charge on any atom is 0.264 e. The van der Waals surface area contributed by atoms with Crippen LogP contribution in [-0.2, 0) is 6.42 Å². The Morgan fingerprint density at radius 3 is 2.73 bits per heavy atom. The molecule has 0 aliphatic rings. The molecule has 5 nitrogen and oxygen atoms in total. The number of rotatable bonds is 3. The van der Waals surface area contributed by atoms with Crippen LogP contribution in [0, 0.1) is 0 Å². The van der Waals surface area contributed by atoms with Crippen molar-refractivity contribution in [1.82, 2.24) is 20.6 Å². The second-order valence-corrected chi connectivity index (χ2v) is 1.95. The largest absolute Gasteiger partial charge is 0.387 e. The van der Waals surface area contributed by atoms with E-state index in [-0.39, 0.29) is 12.2 Å². The van der Waals surface area contributed by atoms with Crippen LogP contribution in [0.3, 0.4) is 0 Å². The van der Waals surface area contributed by atoms with E-state index >= 15 is 0 Å². The summed E-state index contributed by atoms with van der Waals surface area (Å²) < 4.78 is 23.4. The predicted molar refractivity (Wildman–Crippen MR) is 29.9 cm³/mol. The first-order valence-electron chi connectivity index (χ1n) is 2.89. The summed E-state index contributed by atoms with van der Waals surface area (Å²) in [5.41, 5.74) is 0. The maximum atomic E-state index is 11.7. The zero-order chi connectivity index (χ0) is 8.27. The number of alkyl halides is 2. The molecule has 1 aromatic rings. The van der Waals surface area contributed by atoms with Gasteiger partial charge in [-0.2, -0.15) is 0 Å². The van der Waals surface area contributed by atoms with E-state index in [0.29, 0.717) is 0 Å². The Morgan fingerprint density at radius 2 is 2.27 bits per heavy atom. The molecule has 1 heterocycles. The Hall–Kier alpha value is -1.11. The van der Waals surface area contributed by atoms with Crippen molar-refractivity contribution < 1.29 is 13.9 Å². The van der Waals surface area contributed by atoms with Gasteiger partial charge in [0.05, 0.1) is 0 Å². The molecule has 1 aromatic heterocycles. The summed E-state index contributed by atoms with van der Waals surface area (Å²) >= 11 is 0. The summed E-state index contributed by atoms with van der Waals surface area (Å²) in [4.78, 5) is 0. The van der Waals surface area contributed by atoms with E-state index < -0.39 is 12.5 Å². The van der Waals surface area contributed by atoms with Gasteiger partial charge in [-0.15, -0.1) is 5.10 Å². The summed E-state index contributed by atoms with van der Waals surface area (Å²) in [6.45, 7) is 0. The van der Waals surface area contributed by atoms with Gasteiger partial charge < -0.3 is 5.11 Å². The summed E-state index contributed by atoms with van der Waals surface area (Å²) in [5, 5.41) is 20.5. The van der Waals surface area contributed by atoms with Gasteiger partial charge in [0.2, 0.25) is 0 Å². The lowest BCUT2D eigenvalue weighted by Crippen LogP contribution is -2.20. The number of nitrogens with zero attached hydrogens (tertiary/aromatic N) is 3. The van der Waals surface area contributed by atoms with E-state index in [1.807, 2.05) is 0 Å². The average Bonchev–Trinajstić information content (AvgIpc) is 2.39. The average molecular weight is 164 g/mol. The quantitative estimate of drug-likeness (QED) is 0.623. The minimum absolute atomic E-state index is 0.151. The monoisotopic (exact) mass is 164 g/mol. The second kappa shape index (κ2) is 3.33. The Balaban J connectivity index is 2.43. The van der Waals surface area contributed by atoms with Gasteiger partial charge in [0.1, 0.15) is 6.10 Å². The molecule has 2 N–H and O–H groups in total. The van der Waals surface area contributed by atoms with Crippen molar-refractivity contribution in [3.05, 3.63) is 5.82 Å². The number of aromatic amines is 1. The summed E-state index contributed by atoms with van der Waals surface area (Å²) in [6.07, 6.45) is -4.73. The lowest BCUT2D eigenvalue weighted by molar-refractivity contribution is -0.00471. The molecule has 0 saturated carbocycles. The standard InChI is InChI=1S/C4H6F2N4O/c5-4(6)2(11)1-3-7-9-10-8-3/h2,4,11H,1H2,(H,7,8,9,10). The Morgan fingerprint density at radius 1 is 1.55 bits per heavy atom. The zero-order valence-electron chi connectivity index (χ0n) is 5.41. The fourth-order valence-electron chi connectivity index (χ4n) is 0.552. The number of hydrogen-bond donors (Lipinski definition) is 2. The van der Waals surface area contributed by atoms with E-state index in [1.165, 1.54) is 0 Å². The molecule has 7 heteroatoms. The normalized spacial score (nSPS) is 13.8. The fraction of sp³-hybridized carbons (Fsp3) is 0.750. The molecule has 0 bridgehead atoms. The van der Waals surface area contributed by atoms with E-state index in [2.05, 4.69) is 20.6 Å². The lowest BCUT2D eigenvalue weighted by Gasteiger charge is -2.04. The number of aliphatic hydroxyl groups is 1. The molecule has 0 saturated heterocycles. The third-order valence-electron chi connectivity index (χ3n) is 1.08. The topological polar surface area (TPSA) is 74.7 Å². The molecule has 0 amide bonds. The van der Waals surface area contributed by atoms with E-state index in [0.717, 1.165) is 0 Å². The van der Waals surface area contributed by atoms with Crippen molar-refractivity contribution in [2.75, 3.05) is 0 Å². The molecule has 0 fully saturated rings. The summed E-state index contributed by atoms with van der Waals surface area (Å²) in [7, 11) is 0. The first-order chi connectivity index (χ1) is 5.20. The minimum atomic E-state index is -2.76. The molecule has 0 aliphatic carbocycles. The van der Waals surface area contributed by atoms with Gasteiger partial charge in [-0.25, -0.2) is 13.9 Å².